The zero-order valence-corrected chi connectivity index (χ0v) is 11.6. The summed E-state index contributed by atoms with van der Waals surface area (Å²) >= 11 is 9.32. The van der Waals surface area contributed by atoms with Crippen LogP contribution in [-0.2, 0) is 4.74 Å². The highest BCUT2D eigenvalue weighted by molar-refractivity contribution is 9.10. The quantitative estimate of drug-likeness (QED) is 0.671. The lowest BCUT2D eigenvalue weighted by molar-refractivity contribution is 0.0379. The van der Waals surface area contributed by atoms with Crippen molar-refractivity contribution in [3.05, 3.63) is 26.7 Å². The number of hydrogen-bond acceptors (Lipinski definition) is 3. The highest BCUT2D eigenvalue weighted by atomic mass is 79.9. The van der Waals surface area contributed by atoms with Crippen LogP contribution in [0.5, 0.6) is 0 Å². The maximum Gasteiger partial charge on any atom is 0.342 e. The lowest BCUT2D eigenvalue weighted by Gasteiger charge is -2.13. The number of nitrogen functional groups attached to an aromatic ring is 1. The summed E-state index contributed by atoms with van der Waals surface area (Å²) < 4.78 is 5.73. The standard InChI is InChI=1S/C11H13BrClNO2/c1-5(2)16-11(15)8-9(13)6(3)4-7(12)10(8)14/h4-5H,14H2,1-3H3. The molecule has 0 aliphatic heterocycles. The minimum atomic E-state index is -0.498. The highest BCUT2D eigenvalue weighted by Crippen LogP contribution is 2.33. The van der Waals surface area contributed by atoms with Crippen molar-refractivity contribution in [2.45, 2.75) is 26.9 Å². The first-order valence-corrected chi connectivity index (χ1v) is 5.96. The molecule has 1 rings (SSSR count). The fraction of sp³-hybridized carbons (Fsp3) is 0.364. The zero-order chi connectivity index (χ0) is 12.5. The molecule has 0 spiro atoms. The van der Waals surface area contributed by atoms with Crippen molar-refractivity contribution < 1.29 is 9.53 Å². The predicted octanol–water partition coefficient (Wildman–Crippen LogP) is 3.56. The molecule has 0 aromatic heterocycles. The molecule has 5 heteroatoms. The second-order valence-corrected chi connectivity index (χ2v) is 4.96. The summed E-state index contributed by atoms with van der Waals surface area (Å²) in [7, 11) is 0. The molecule has 0 unspecified atom stereocenters. The monoisotopic (exact) mass is 305 g/mol. The Morgan fingerprint density at radius 3 is 2.62 bits per heavy atom. The van der Waals surface area contributed by atoms with Gasteiger partial charge in [0, 0.05) is 4.47 Å². The predicted molar refractivity (Wildman–Crippen MR) is 68.9 cm³/mol. The summed E-state index contributed by atoms with van der Waals surface area (Å²) in [6.07, 6.45) is -0.206. The molecule has 0 aliphatic rings. The molecule has 0 saturated heterocycles. The maximum atomic E-state index is 11.8. The molecule has 0 aliphatic carbocycles. The lowest BCUT2D eigenvalue weighted by atomic mass is 10.1. The number of ether oxygens (including phenoxy) is 1. The van der Waals surface area contributed by atoms with Crippen LogP contribution in [-0.4, -0.2) is 12.1 Å². The first kappa shape index (κ1) is 13.3. The summed E-state index contributed by atoms with van der Waals surface area (Å²) in [4.78, 5) is 11.8. The van der Waals surface area contributed by atoms with Crippen molar-refractivity contribution >= 4 is 39.2 Å². The van der Waals surface area contributed by atoms with Crippen molar-refractivity contribution in [3.63, 3.8) is 0 Å². The van der Waals surface area contributed by atoms with Gasteiger partial charge in [0.15, 0.2) is 0 Å². The Labute approximate surface area is 108 Å². The first-order chi connectivity index (χ1) is 7.34. The number of carbonyl (C=O) groups excluding carboxylic acids is 1. The summed E-state index contributed by atoms with van der Waals surface area (Å²) in [6.45, 7) is 5.35. The van der Waals surface area contributed by atoms with E-state index in [0.29, 0.717) is 15.2 Å². The van der Waals surface area contributed by atoms with Crippen molar-refractivity contribution in [1.82, 2.24) is 0 Å². The maximum absolute atomic E-state index is 11.8. The van der Waals surface area contributed by atoms with Gasteiger partial charge in [-0.2, -0.15) is 0 Å². The van der Waals surface area contributed by atoms with Crippen molar-refractivity contribution in [2.75, 3.05) is 5.73 Å². The van der Waals surface area contributed by atoms with Gasteiger partial charge in [-0.15, -0.1) is 0 Å². The second-order valence-electron chi connectivity index (χ2n) is 3.73. The number of nitrogens with two attached hydrogens (primary N) is 1. The number of anilines is 1. The Morgan fingerprint density at radius 2 is 2.12 bits per heavy atom. The Kier molecular flexibility index (Phi) is 4.21. The van der Waals surface area contributed by atoms with Crippen LogP contribution in [0.2, 0.25) is 5.02 Å². The summed E-state index contributed by atoms with van der Waals surface area (Å²) in [5, 5.41) is 0.339. The van der Waals surface area contributed by atoms with Crippen LogP contribution in [0.25, 0.3) is 0 Å². The average molecular weight is 307 g/mol. The fourth-order valence-electron chi connectivity index (χ4n) is 1.24. The Hall–Kier alpha value is -0.740. The van der Waals surface area contributed by atoms with E-state index < -0.39 is 5.97 Å². The van der Waals surface area contributed by atoms with Crippen LogP contribution in [0.4, 0.5) is 5.69 Å². The van der Waals surface area contributed by atoms with Crippen LogP contribution in [0.1, 0.15) is 29.8 Å². The number of rotatable bonds is 2. The molecule has 3 nitrogen and oxygen atoms in total. The van der Waals surface area contributed by atoms with Gasteiger partial charge in [0.1, 0.15) is 5.56 Å². The van der Waals surface area contributed by atoms with Crippen molar-refractivity contribution in [1.29, 1.82) is 0 Å². The minimum Gasteiger partial charge on any atom is -0.459 e. The number of hydrogen-bond donors (Lipinski definition) is 1. The number of halogens is 2. The van der Waals surface area contributed by atoms with Crippen molar-refractivity contribution in [2.24, 2.45) is 0 Å². The second kappa shape index (κ2) is 5.06. The van der Waals surface area contributed by atoms with E-state index >= 15 is 0 Å². The summed E-state index contributed by atoms with van der Waals surface area (Å²) in [5.41, 5.74) is 7.10. The molecule has 0 amide bonds. The summed E-state index contributed by atoms with van der Waals surface area (Å²) in [5.74, 6) is -0.498. The van der Waals surface area contributed by atoms with E-state index in [-0.39, 0.29) is 11.7 Å². The van der Waals surface area contributed by atoms with E-state index in [2.05, 4.69) is 15.9 Å². The van der Waals surface area contributed by atoms with Gasteiger partial charge in [0.2, 0.25) is 0 Å². The average Bonchev–Trinajstić information content (AvgIpc) is 2.14. The molecule has 1 aromatic rings. The number of benzene rings is 1. The third-order valence-corrected chi connectivity index (χ3v) is 3.13. The highest BCUT2D eigenvalue weighted by Gasteiger charge is 2.20. The molecular weight excluding hydrogens is 293 g/mol. The topological polar surface area (TPSA) is 52.3 Å². The van der Waals surface area contributed by atoms with E-state index in [1.807, 2.05) is 0 Å². The SMILES string of the molecule is Cc1cc(Br)c(N)c(C(=O)OC(C)C)c1Cl. The van der Waals surface area contributed by atoms with E-state index in [1.165, 1.54) is 0 Å². The van der Waals surface area contributed by atoms with Crippen LogP contribution in [0.15, 0.2) is 10.5 Å². The number of aryl methyl sites for hydroxylation is 1. The molecule has 0 heterocycles. The number of esters is 1. The van der Waals surface area contributed by atoms with Gasteiger partial charge < -0.3 is 10.5 Å². The van der Waals surface area contributed by atoms with Gasteiger partial charge in [-0.1, -0.05) is 11.6 Å². The van der Waals surface area contributed by atoms with E-state index in [4.69, 9.17) is 22.1 Å². The molecule has 0 radical (unpaired) electrons. The molecule has 88 valence electrons. The zero-order valence-electron chi connectivity index (χ0n) is 9.30. The third-order valence-electron chi connectivity index (χ3n) is 1.98. The van der Waals surface area contributed by atoms with Gasteiger partial charge >= 0.3 is 5.97 Å². The normalized spacial score (nSPS) is 10.6. The molecule has 0 atom stereocenters. The third kappa shape index (κ3) is 2.68. The van der Waals surface area contributed by atoms with E-state index in [0.717, 1.165) is 5.56 Å². The van der Waals surface area contributed by atoms with E-state index in [9.17, 15) is 4.79 Å². The Morgan fingerprint density at radius 1 is 1.56 bits per heavy atom. The fourth-order valence-corrected chi connectivity index (χ4v) is 2.01. The largest absolute Gasteiger partial charge is 0.459 e. The Bertz CT molecular complexity index is 406. The van der Waals surface area contributed by atoms with Gasteiger partial charge in [-0.3, -0.25) is 0 Å². The molecule has 1 aromatic carbocycles. The molecular formula is C11H13BrClNO2. The van der Waals surface area contributed by atoms with Crippen LogP contribution < -0.4 is 5.73 Å². The van der Waals surface area contributed by atoms with Crippen LogP contribution in [0.3, 0.4) is 0 Å². The van der Waals surface area contributed by atoms with Gasteiger partial charge in [0.05, 0.1) is 16.8 Å². The summed E-state index contributed by atoms with van der Waals surface area (Å²) in [6, 6.07) is 1.77. The smallest absolute Gasteiger partial charge is 0.342 e. The minimum absolute atomic E-state index is 0.206. The molecule has 0 fully saturated rings. The van der Waals surface area contributed by atoms with E-state index in [1.54, 1.807) is 26.8 Å². The molecule has 0 bridgehead atoms. The van der Waals surface area contributed by atoms with Gasteiger partial charge in [0.25, 0.3) is 0 Å². The molecule has 0 saturated carbocycles. The van der Waals surface area contributed by atoms with Gasteiger partial charge in [-0.05, 0) is 48.3 Å². The lowest BCUT2D eigenvalue weighted by Crippen LogP contribution is -2.14. The van der Waals surface area contributed by atoms with Gasteiger partial charge in [-0.25, -0.2) is 4.79 Å². The van der Waals surface area contributed by atoms with Crippen molar-refractivity contribution in [3.8, 4) is 0 Å². The van der Waals surface area contributed by atoms with Crippen LogP contribution >= 0.6 is 27.5 Å². The molecule has 2 N–H and O–H groups in total. The number of carbonyl (C=O) groups is 1. The Balaban J connectivity index is 3.27. The first-order valence-electron chi connectivity index (χ1n) is 4.79. The molecule has 16 heavy (non-hydrogen) atoms. The van der Waals surface area contributed by atoms with Crippen LogP contribution in [0, 0.1) is 6.92 Å².